The number of carbonyl (C=O) groups is 1. The predicted molar refractivity (Wildman–Crippen MR) is 84.3 cm³/mol. The van der Waals surface area contributed by atoms with Crippen molar-refractivity contribution in [3.63, 3.8) is 0 Å². The molecule has 0 spiro atoms. The first kappa shape index (κ1) is 14.9. The van der Waals surface area contributed by atoms with Gasteiger partial charge in [-0.2, -0.15) is 0 Å². The minimum absolute atomic E-state index is 0.0960. The Hall–Kier alpha value is -1.53. The Labute approximate surface area is 130 Å². The molecule has 6 heteroatoms. The summed E-state index contributed by atoms with van der Waals surface area (Å²) in [6, 6.07) is 11.1. The minimum Gasteiger partial charge on any atom is -0.495 e. The lowest BCUT2D eigenvalue weighted by molar-refractivity contribution is -0.113. The van der Waals surface area contributed by atoms with Gasteiger partial charge < -0.3 is 10.1 Å². The highest BCUT2D eigenvalue weighted by molar-refractivity contribution is 9.10. The Morgan fingerprint density at radius 2 is 2.25 bits per heavy atom. The van der Waals surface area contributed by atoms with E-state index in [1.165, 1.54) is 11.8 Å². The normalized spacial score (nSPS) is 10.1. The Morgan fingerprint density at radius 3 is 2.95 bits per heavy atom. The Balaban J connectivity index is 1.95. The lowest BCUT2D eigenvalue weighted by Crippen LogP contribution is -2.14. The van der Waals surface area contributed by atoms with Gasteiger partial charge in [-0.05, 0) is 30.3 Å². The fraction of sp³-hybridized carbons (Fsp3) is 0.143. The van der Waals surface area contributed by atoms with Crippen molar-refractivity contribution in [1.82, 2.24) is 4.98 Å². The van der Waals surface area contributed by atoms with E-state index in [2.05, 4.69) is 26.2 Å². The SMILES string of the molecule is COc1cc(Br)ccc1NC(=O)CSc1ccccn1. The minimum atomic E-state index is -0.0960. The second kappa shape index (κ2) is 7.31. The average molecular weight is 353 g/mol. The molecule has 0 aliphatic carbocycles. The third kappa shape index (κ3) is 4.25. The number of pyridine rings is 1. The summed E-state index contributed by atoms with van der Waals surface area (Å²) in [7, 11) is 1.57. The van der Waals surface area contributed by atoms with Crippen molar-refractivity contribution in [2.24, 2.45) is 0 Å². The second-order valence-electron chi connectivity index (χ2n) is 3.85. The molecule has 2 rings (SSSR count). The van der Waals surface area contributed by atoms with Crippen LogP contribution in [-0.4, -0.2) is 23.8 Å². The third-order valence-corrected chi connectivity index (χ3v) is 3.86. The highest BCUT2D eigenvalue weighted by Gasteiger charge is 2.08. The molecule has 104 valence electrons. The van der Waals surface area contributed by atoms with E-state index in [9.17, 15) is 4.79 Å². The Bertz CT molecular complexity index is 593. The molecule has 2 aromatic rings. The van der Waals surface area contributed by atoms with Crippen LogP contribution in [0.2, 0.25) is 0 Å². The fourth-order valence-corrected chi connectivity index (χ4v) is 2.53. The van der Waals surface area contributed by atoms with Gasteiger partial charge in [0.15, 0.2) is 0 Å². The van der Waals surface area contributed by atoms with Crippen LogP contribution in [0.1, 0.15) is 0 Å². The van der Waals surface area contributed by atoms with Crippen LogP contribution in [0.25, 0.3) is 0 Å². The zero-order valence-electron chi connectivity index (χ0n) is 10.8. The molecule has 0 aliphatic heterocycles. The molecule has 0 bridgehead atoms. The van der Waals surface area contributed by atoms with Crippen LogP contribution >= 0.6 is 27.7 Å². The van der Waals surface area contributed by atoms with Crippen molar-refractivity contribution in [3.8, 4) is 5.75 Å². The van der Waals surface area contributed by atoms with Crippen LogP contribution in [0.3, 0.4) is 0 Å². The summed E-state index contributed by atoms with van der Waals surface area (Å²) in [5.41, 5.74) is 0.655. The second-order valence-corrected chi connectivity index (χ2v) is 5.76. The number of thioether (sulfide) groups is 1. The standard InChI is InChI=1S/C14H13BrN2O2S/c1-19-12-8-10(15)5-6-11(12)17-13(18)9-20-14-4-2-3-7-16-14/h2-8H,9H2,1H3,(H,17,18). The van der Waals surface area contributed by atoms with Gasteiger partial charge in [-0.1, -0.05) is 33.8 Å². The number of benzene rings is 1. The Kier molecular flexibility index (Phi) is 5.43. The lowest BCUT2D eigenvalue weighted by atomic mass is 10.3. The summed E-state index contributed by atoms with van der Waals surface area (Å²) >= 11 is 4.75. The number of aromatic nitrogens is 1. The number of amides is 1. The van der Waals surface area contributed by atoms with E-state index in [-0.39, 0.29) is 5.91 Å². The fourth-order valence-electron chi connectivity index (χ4n) is 1.53. The van der Waals surface area contributed by atoms with E-state index in [1.807, 2.05) is 30.3 Å². The molecule has 0 unspecified atom stereocenters. The molecule has 0 atom stereocenters. The number of hydrogen-bond acceptors (Lipinski definition) is 4. The van der Waals surface area contributed by atoms with E-state index < -0.39 is 0 Å². The molecular weight excluding hydrogens is 340 g/mol. The van der Waals surface area contributed by atoms with Crippen molar-refractivity contribution in [2.75, 3.05) is 18.2 Å². The molecule has 0 fully saturated rings. The van der Waals surface area contributed by atoms with Gasteiger partial charge in [0.25, 0.3) is 0 Å². The van der Waals surface area contributed by atoms with Crippen LogP contribution < -0.4 is 10.1 Å². The maximum absolute atomic E-state index is 11.9. The van der Waals surface area contributed by atoms with Crippen molar-refractivity contribution in [2.45, 2.75) is 5.03 Å². The quantitative estimate of drug-likeness (QED) is 0.835. The molecule has 0 saturated carbocycles. The highest BCUT2D eigenvalue weighted by atomic mass is 79.9. The molecule has 1 aromatic heterocycles. The average Bonchev–Trinajstić information content (AvgIpc) is 2.48. The largest absolute Gasteiger partial charge is 0.495 e. The topological polar surface area (TPSA) is 51.2 Å². The first-order chi connectivity index (χ1) is 9.69. The molecule has 0 aliphatic rings. The monoisotopic (exact) mass is 352 g/mol. The summed E-state index contributed by atoms with van der Waals surface area (Å²) in [5.74, 6) is 0.827. The Morgan fingerprint density at radius 1 is 1.40 bits per heavy atom. The number of carbonyl (C=O) groups excluding carboxylic acids is 1. The van der Waals surface area contributed by atoms with Gasteiger partial charge in [0.2, 0.25) is 5.91 Å². The van der Waals surface area contributed by atoms with E-state index in [1.54, 1.807) is 19.4 Å². The third-order valence-electron chi connectivity index (χ3n) is 2.43. The maximum Gasteiger partial charge on any atom is 0.234 e. The zero-order valence-corrected chi connectivity index (χ0v) is 13.2. The summed E-state index contributed by atoms with van der Waals surface area (Å²) in [6.45, 7) is 0. The van der Waals surface area contributed by atoms with Crippen LogP contribution in [0, 0.1) is 0 Å². The number of rotatable bonds is 5. The van der Waals surface area contributed by atoms with Gasteiger partial charge in [0, 0.05) is 10.7 Å². The predicted octanol–water partition coefficient (Wildman–Crippen LogP) is 3.58. The van der Waals surface area contributed by atoms with Gasteiger partial charge >= 0.3 is 0 Å². The summed E-state index contributed by atoms with van der Waals surface area (Å²) in [6.07, 6.45) is 1.71. The summed E-state index contributed by atoms with van der Waals surface area (Å²) < 4.78 is 6.12. The van der Waals surface area contributed by atoms with Crippen molar-refractivity contribution in [3.05, 3.63) is 47.1 Å². The molecule has 0 saturated heterocycles. The van der Waals surface area contributed by atoms with E-state index in [0.717, 1.165) is 9.50 Å². The lowest BCUT2D eigenvalue weighted by Gasteiger charge is -2.10. The first-order valence-electron chi connectivity index (χ1n) is 5.86. The summed E-state index contributed by atoms with van der Waals surface area (Å²) in [5, 5.41) is 3.65. The van der Waals surface area contributed by atoms with Gasteiger partial charge in [-0.15, -0.1) is 0 Å². The number of ether oxygens (including phenoxy) is 1. The van der Waals surface area contributed by atoms with Crippen LogP contribution in [0.15, 0.2) is 52.1 Å². The molecule has 1 amide bonds. The molecule has 0 radical (unpaired) electrons. The van der Waals surface area contributed by atoms with Crippen molar-refractivity contribution in [1.29, 1.82) is 0 Å². The number of halogens is 1. The number of nitrogens with one attached hydrogen (secondary N) is 1. The highest BCUT2D eigenvalue weighted by Crippen LogP contribution is 2.28. The number of anilines is 1. The molecule has 1 aromatic carbocycles. The molecular formula is C14H13BrN2O2S. The van der Waals surface area contributed by atoms with E-state index in [0.29, 0.717) is 17.2 Å². The number of nitrogens with zero attached hydrogens (tertiary/aromatic N) is 1. The van der Waals surface area contributed by atoms with Gasteiger partial charge in [-0.3, -0.25) is 4.79 Å². The first-order valence-corrected chi connectivity index (χ1v) is 7.64. The van der Waals surface area contributed by atoms with Crippen molar-refractivity contribution < 1.29 is 9.53 Å². The summed E-state index contributed by atoms with van der Waals surface area (Å²) in [4.78, 5) is 16.1. The van der Waals surface area contributed by atoms with Gasteiger partial charge in [0.05, 0.1) is 23.6 Å². The van der Waals surface area contributed by atoms with Gasteiger partial charge in [-0.25, -0.2) is 4.98 Å². The molecule has 1 heterocycles. The van der Waals surface area contributed by atoms with E-state index >= 15 is 0 Å². The maximum atomic E-state index is 11.9. The van der Waals surface area contributed by atoms with Crippen molar-refractivity contribution >= 4 is 39.3 Å². The van der Waals surface area contributed by atoms with Crippen LogP contribution in [0.5, 0.6) is 5.75 Å². The van der Waals surface area contributed by atoms with E-state index in [4.69, 9.17) is 4.74 Å². The smallest absolute Gasteiger partial charge is 0.234 e. The molecule has 20 heavy (non-hydrogen) atoms. The molecule has 1 N–H and O–H groups in total. The number of hydrogen-bond donors (Lipinski definition) is 1. The molecule has 4 nitrogen and oxygen atoms in total. The zero-order chi connectivity index (χ0) is 14.4. The van der Waals surface area contributed by atoms with Gasteiger partial charge in [0.1, 0.15) is 5.75 Å². The number of methoxy groups -OCH3 is 1. The van der Waals surface area contributed by atoms with Crippen LogP contribution in [-0.2, 0) is 4.79 Å². The van der Waals surface area contributed by atoms with Crippen LogP contribution in [0.4, 0.5) is 5.69 Å².